The molecular formula is C26H18Cl5N3O3. The van der Waals surface area contributed by atoms with Crippen LogP contribution in [0.5, 0.6) is 0 Å². The quantitative estimate of drug-likeness (QED) is 0.311. The minimum atomic E-state index is -1.34. The first-order valence-corrected chi connectivity index (χ1v) is 13.0. The highest BCUT2D eigenvalue weighted by Crippen LogP contribution is 2.65. The molecule has 2 aliphatic rings. The van der Waals surface area contributed by atoms with Gasteiger partial charge in [0.25, 0.3) is 11.8 Å². The van der Waals surface area contributed by atoms with E-state index in [9.17, 15) is 14.4 Å². The number of anilines is 2. The molecule has 1 fully saturated rings. The highest BCUT2D eigenvalue weighted by atomic mass is 35.5. The predicted molar refractivity (Wildman–Crippen MR) is 147 cm³/mol. The fourth-order valence-electron chi connectivity index (χ4n) is 4.54. The zero-order valence-corrected chi connectivity index (χ0v) is 22.9. The van der Waals surface area contributed by atoms with E-state index in [1.54, 1.807) is 54.4 Å². The van der Waals surface area contributed by atoms with Crippen LogP contribution in [0.3, 0.4) is 0 Å². The van der Waals surface area contributed by atoms with Gasteiger partial charge in [-0.05, 0) is 59.7 Å². The van der Waals surface area contributed by atoms with Crippen molar-refractivity contribution in [1.82, 2.24) is 4.90 Å². The number of halogens is 5. The van der Waals surface area contributed by atoms with Crippen LogP contribution in [0, 0.1) is 5.92 Å². The van der Waals surface area contributed by atoms with Gasteiger partial charge in [-0.15, -0.1) is 23.2 Å². The lowest BCUT2D eigenvalue weighted by Crippen LogP contribution is -2.18. The van der Waals surface area contributed by atoms with Crippen molar-refractivity contribution in [3.63, 3.8) is 0 Å². The molecular weight excluding hydrogens is 580 g/mol. The van der Waals surface area contributed by atoms with Crippen LogP contribution in [0.15, 0.2) is 54.6 Å². The minimum absolute atomic E-state index is 0.109. The Labute approximate surface area is 237 Å². The summed E-state index contributed by atoms with van der Waals surface area (Å²) >= 11 is 31.3. The largest absolute Gasteiger partial charge is 0.337 e. The molecule has 0 saturated heterocycles. The Bertz CT molecular complexity index is 1460. The molecule has 2 N–H and O–H groups in total. The first kappa shape index (κ1) is 26.1. The molecule has 0 radical (unpaired) electrons. The van der Waals surface area contributed by atoms with Crippen molar-refractivity contribution in [1.29, 1.82) is 0 Å². The van der Waals surface area contributed by atoms with Crippen molar-refractivity contribution in [3.8, 4) is 0 Å². The van der Waals surface area contributed by atoms with Gasteiger partial charge in [-0.1, -0.05) is 40.9 Å². The number of benzene rings is 3. The molecule has 190 valence electrons. The lowest BCUT2D eigenvalue weighted by Gasteiger charge is -2.11. The monoisotopic (exact) mass is 595 g/mol. The topological polar surface area (TPSA) is 78.5 Å². The van der Waals surface area contributed by atoms with E-state index in [4.69, 9.17) is 58.0 Å². The first-order valence-electron chi connectivity index (χ1n) is 11.1. The first-order chi connectivity index (χ1) is 17.5. The summed E-state index contributed by atoms with van der Waals surface area (Å²) in [4.78, 5) is 39.9. The standard InChI is InChI=1S/C26H18Cl5N3O3/c1-34-11-12-2-3-16(9-18(12)25(34)37)32-23(35)19-10-17(4-5-20(19)29)33-24(36)22-21(26(22,30)31)13-6-14(27)8-15(28)7-13/h2-10,21-22H,11H2,1H3,(H,32,35)(H,33,36). The Balaban J connectivity index is 1.32. The van der Waals surface area contributed by atoms with Crippen LogP contribution in [0.25, 0.3) is 0 Å². The third kappa shape index (κ3) is 5.01. The third-order valence-electron chi connectivity index (χ3n) is 6.41. The summed E-state index contributed by atoms with van der Waals surface area (Å²) in [7, 11) is 1.71. The number of hydrogen-bond donors (Lipinski definition) is 2. The molecule has 6 nitrogen and oxygen atoms in total. The van der Waals surface area contributed by atoms with Gasteiger partial charge in [0.1, 0.15) is 4.33 Å². The average Bonchev–Trinajstić information content (AvgIpc) is 3.30. The smallest absolute Gasteiger partial charge is 0.257 e. The molecule has 0 bridgehead atoms. The fraction of sp³-hybridized carbons (Fsp3) is 0.192. The van der Waals surface area contributed by atoms with Gasteiger partial charge in [0.15, 0.2) is 0 Å². The van der Waals surface area contributed by atoms with Gasteiger partial charge < -0.3 is 15.5 Å². The number of amides is 3. The van der Waals surface area contributed by atoms with E-state index in [1.165, 1.54) is 12.1 Å². The second kappa shape index (κ2) is 9.68. The minimum Gasteiger partial charge on any atom is -0.337 e. The van der Waals surface area contributed by atoms with Crippen LogP contribution in [0.2, 0.25) is 15.1 Å². The Morgan fingerprint density at radius 2 is 1.57 bits per heavy atom. The van der Waals surface area contributed by atoms with Gasteiger partial charge in [-0.3, -0.25) is 14.4 Å². The lowest BCUT2D eigenvalue weighted by molar-refractivity contribution is -0.117. The Kier molecular flexibility index (Phi) is 6.84. The van der Waals surface area contributed by atoms with Crippen LogP contribution in [-0.2, 0) is 11.3 Å². The van der Waals surface area contributed by atoms with Crippen molar-refractivity contribution in [2.45, 2.75) is 16.8 Å². The van der Waals surface area contributed by atoms with E-state index in [0.717, 1.165) is 5.56 Å². The summed E-state index contributed by atoms with van der Waals surface area (Å²) in [6.45, 7) is 0.522. The van der Waals surface area contributed by atoms with Crippen LogP contribution < -0.4 is 10.6 Å². The van der Waals surface area contributed by atoms with Crippen LogP contribution in [0.1, 0.15) is 37.8 Å². The summed E-state index contributed by atoms with van der Waals surface area (Å²) < 4.78 is -1.34. The number of carbonyl (C=O) groups excluding carboxylic acids is 3. The number of fused-ring (bicyclic) bond motifs is 1. The predicted octanol–water partition coefficient (Wildman–Crippen LogP) is 7.01. The Hall–Kier alpha value is -2.48. The second-order valence-electron chi connectivity index (χ2n) is 9.00. The number of carbonyl (C=O) groups is 3. The van der Waals surface area contributed by atoms with E-state index in [-0.39, 0.29) is 16.5 Å². The maximum atomic E-state index is 13.1. The summed E-state index contributed by atoms with van der Waals surface area (Å²) in [5.74, 6) is -2.31. The molecule has 1 heterocycles. The highest BCUT2D eigenvalue weighted by Gasteiger charge is 2.67. The summed E-state index contributed by atoms with van der Waals surface area (Å²) in [5, 5.41) is 6.52. The molecule has 11 heteroatoms. The molecule has 3 aromatic rings. The maximum absolute atomic E-state index is 13.1. The van der Waals surface area contributed by atoms with Gasteiger partial charge in [0.05, 0.1) is 16.5 Å². The molecule has 0 spiro atoms. The number of nitrogens with one attached hydrogen (secondary N) is 2. The van der Waals surface area contributed by atoms with Gasteiger partial charge in [0, 0.05) is 46.5 Å². The summed E-state index contributed by atoms with van der Waals surface area (Å²) in [6.07, 6.45) is 0. The molecule has 3 aromatic carbocycles. The summed E-state index contributed by atoms with van der Waals surface area (Å²) in [6, 6.07) is 14.6. The van der Waals surface area contributed by atoms with Crippen LogP contribution in [0.4, 0.5) is 11.4 Å². The van der Waals surface area contributed by atoms with E-state index in [1.807, 2.05) is 0 Å². The summed E-state index contributed by atoms with van der Waals surface area (Å²) in [5.41, 5.74) is 3.01. The van der Waals surface area contributed by atoms with E-state index >= 15 is 0 Å². The van der Waals surface area contributed by atoms with E-state index < -0.39 is 28.0 Å². The third-order valence-corrected chi connectivity index (χ3v) is 8.12. The molecule has 37 heavy (non-hydrogen) atoms. The van der Waals surface area contributed by atoms with E-state index in [2.05, 4.69) is 10.6 Å². The molecule has 1 aliphatic heterocycles. The molecule has 1 aliphatic carbocycles. The number of hydrogen-bond acceptors (Lipinski definition) is 3. The molecule has 1 saturated carbocycles. The van der Waals surface area contributed by atoms with Crippen molar-refractivity contribution in [3.05, 3.63) is 91.9 Å². The van der Waals surface area contributed by atoms with Gasteiger partial charge >= 0.3 is 0 Å². The molecule has 2 atom stereocenters. The Morgan fingerprint density at radius 1 is 0.919 bits per heavy atom. The lowest BCUT2D eigenvalue weighted by atomic mass is 10.1. The van der Waals surface area contributed by atoms with Crippen molar-refractivity contribution < 1.29 is 14.4 Å². The Morgan fingerprint density at radius 3 is 2.27 bits per heavy atom. The normalized spacial score (nSPS) is 19.4. The molecule has 3 amide bonds. The van der Waals surface area contributed by atoms with Crippen molar-refractivity contribution >= 4 is 87.1 Å². The zero-order chi connectivity index (χ0) is 26.6. The van der Waals surface area contributed by atoms with E-state index in [0.29, 0.717) is 39.1 Å². The van der Waals surface area contributed by atoms with Gasteiger partial charge in [-0.25, -0.2) is 0 Å². The maximum Gasteiger partial charge on any atom is 0.257 e. The molecule has 5 rings (SSSR count). The average molecular weight is 598 g/mol. The second-order valence-corrected chi connectivity index (χ2v) is 11.7. The number of nitrogens with zero attached hydrogens (tertiary/aromatic N) is 1. The SMILES string of the molecule is CN1Cc2ccc(NC(=O)c3cc(NC(=O)C4C(c5cc(Cl)cc(Cl)c5)C4(Cl)Cl)ccc3Cl)cc2C1=O. The molecule has 2 unspecified atom stereocenters. The van der Waals surface area contributed by atoms with Crippen molar-refractivity contribution in [2.75, 3.05) is 17.7 Å². The van der Waals surface area contributed by atoms with Crippen LogP contribution >= 0.6 is 58.0 Å². The number of rotatable bonds is 5. The zero-order valence-electron chi connectivity index (χ0n) is 19.1. The highest BCUT2D eigenvalue weighted by molar-refractivity contribution is 6.53. The van der Waals surface area contributed by atoms with Crippen LogP contribution in [-0.4, -0.2) is 34.0 Å². The van der Waals surface area contributed by atoms with Gasteiger partial charge in [0.2, 0.25) is 5.91 Å². The van der Waals surface area contributed by atoms with Gasteiger partial charge in [-0.2, -0.15) is 0 Å². The fourth-order valence-corrected chi connectivity index (χ4v) is 6.12. The number of alkyl halides is 2. The molecule has 0 aromatic heterocycles. The van der Waals surface area contributed by atoms with Crippen molar-refractivity contribution in [2.24, 2.45) is 5.92 Å².